The maximum Gasteiger partial charge on any atom is 0.154 e. The van der Waals surface area contributed by atoms with Crippen molar-refractivity contribution in [2.75, 3.05) is 18.0 Å². The minimum Gasteiger partial charge on any atom is -0.486 e. The molecule has 2 aromatic carbocycles. The van der Waals surface area contributed by atoms with Gasteiger partial charge in [-0.05, 0) is 48.8 Å². The predicted octanol–water partition coefficient (Wildman–Crippen LogP) is 7.22. The van der Waals surface area contributed by atoms with E-state index >= 15 is 0 Å². The smallest absolute Gasteiger partial charge is 0.154 e. The molecule has 7 heteroatoms. The Morgan fingerprint density at radius 2 is 1.85 bits per heavy atom. The lowest BCUT2D eigenvalue weighted by Crippen LogP contribution is -2.46. The maximum atomic E-state index is 6.49. The Kier molecular flexibility index (Phi) is 7.26. The van der Waals surface area contributed by atoms with Crippen LogP contribution in [0.2, 0.25) is 10.0 Å². The Hall–Kier alpha value is -1.92. The van der Waals surface area contributed by atoms with Gasteiger partial charge < -0.3 is 15.4 Å². The third-order valence-corrected chi connectivity index (χ3v) is 9.26. The highest BCUT2D eigenvalue weighted by atomic mass is 35.5. The molecule has 1 spiro atoms. The van der Waals surface area contributed by atoms with Crippen molar-refractivity contribution in [1.82, 2.24) is 4.98 Å². The quantitative estimate of drug-likeness (QED) is 0.377. The molecule has 2 fully saturated rings. The Morgan fingerprint density at radius 1 is 1.06 bits per heavy atom. The normalized spacial score (nSPS) is 19.5. The maximum absolute atomic E-state index is 6.49. The number of rotatable bonds is 6. The average molecular weight is 515 g/mol. The van der Waals surface area contributed by atoms with Gasteiger partial charge in [0.1, 0.15) is 11.6 Å². The van der Waals surface area contributed by atoms with E-state index in [0.717, 1.165) is 59.3 Å². The van der Waals surface area contributed by atoms with Crippen LogP contribution in [0.4, 0.5) is 5.69 Å². The lowest BCUT2D eigenvalue weighted by atomic mass is 9.74. The summed E-state index contributed by atoms with van der Waals surface area (Å²) in [4.78, 5) is 8.08. The molecular weight excluding hydrogens is 485 g/mol. The van der Waals surface area contributed by atoms with E-state index in [1.165, 1.54) is 24.6 Å². The van der Waals surface area contributed by atoms with Gasteiger partial charge in [-0.25, -0.2) is 4.98 Å². The second-order valence-corrected chi connectivity index (χ2v) is 11.1. The Labute approximate surface area is 215 Å². The van der Waals surface area contributed by atoms with E-state index in [1.54, 1.807) is 6.07 Å². The van der Waals surface area contributed by atoms with E-state index < -0.39 is 0 Å². The zero-order valence-electron chi connectivity index (χ0n) is 19.1. The lowest BCUT2D eigenvalue weighted by Gasteiger charge is -2.43. The van der Waals surface area contributed by atoms with Crippen molar-refractivity contribution in [1.29, 1.82) is 0 Å². The van der Waals surface area contributed by atoms with Gasteiger partial charge in [0, 0.05) is 30.1 Å². The van der Waals surface area contributed by atoms with Crippen molar-refractivity contribution in [2.45, 2.75) is 54.7 Å². The molecule has 5 rings (SSSR count). The second kappa shape index (κ2) is 10.4. The largest absolute Gasteiger partial charge is 0.486 e. The third-order valence-electron chi connectivity index (χ3n) is 7.26. The highest BCUT2D eigenvalue weighted by Gasteiger charge is 2.42. The summed E-state index contributed by atoms with van der Waals surface area (Å²) in [6.07, 6.45) is 7.92. The van der Waals surface area contributed by atoms with E-state index in [4.69, 9.17) is 38.7 Å². The molecule has 1 saturated heterocycles. The van der Waals surface area contributed by atoms with Gasteiger partial charge in [0.15, 0.2) is 5.75 Å². The van der Waals surface area contributed by atoms with Crippen molar-refractivity contribution in [3.63, 3.8) is 0 Å². The van der Waals surface area contributed by atoms with Crippen LogP contribution >= 0.6 is 35.0 Å². The lowest BCUT2D eigenvalue weighted by molar-refractivity contribution is 0.197. The van der Waals surface area contributed by atoms with Crippen molar-refractivity contribution < 1.29 is 4.74 Å². The second-order valence-electron chi connectivity index (χ2n) is 9.27. The Morgan fingerprint density at radius 3 is 2.59 bits per heavy atom. The van der Waals surface area contributed by atoms with Gasteiger partial charge in [-0.3, -0.25) is 0 Å². The first-order valence-corrected chi connectivity index (χ1v) is 13.4. The van der Waals surface area contributed by atoms with E-state index in [2.05, 4.69) is 23.1 Å². The standard InChI is InChI=1S/C27H29Cl2N3OS/c28-21-8-4-9-23(25(21)29)34-26-22(33-18-19-6-2-1-3-7-19)16-20(17-31-26)32-14-12-27(13-15-32)11-5-10-24(27)30/h1-4,6-9,16-17,24H,5,10-15,18,30H2/t24-/m1/s1. The number of anilines is 1. The van der Waals surface area contributed by atoms with Crippen LogP contribution in [-0.4, -0.2) is 24.1 Å². The summed E-state index contributed by atoms with van der Waals surface area (Å²) in [6, 6.07) is 18.3. The van der Waals surface area contributed by atoms with Crippen molar-refractivity contribution in [3.8, 4) is 5.75 Å². The minimum absolute atomic E-state index is 0.329. The van der Waals surface area contributed by atoms with Crippen LogP contribution in [0, 0.1) is 5.41 Å². The molecule has 0 radical (unpaired) electrons. The molecule has 0 amide bonds. The minimum atomic E-state index is 0.329. The number of hydrogen-bond acceptors (Lipinski definition) is 5. The van der Waals surface area contributed by atoms with Crippen LogP contribution in [0.15, 0.2) is 70.7 Å². The summed E-state index contributed by atoms with van der Waals surface area (Å²) in [5.41, 5.74) is 9.02. The first kappa shape index (κ1) is 23.8. The predicted molar refractivity (Wildman–Crippen MR) is 141 cm³/mol. The fourth-order valence-corrected chi connectivity index (χ4v) is 6.52. The zero-order valence-corrected chi connectivity index (χ0v) is 21.4. The monoisotopic (exact) mass is 513 g/mol. The summed E-state index contributed by atoms with van der Waals surface area (Å²) in [5.74, 6) is 0.750. The van der Waals surface area contributed by atoms with Crippen LogP contribution in [0.5, 0.6) is 5.75 Å². The summed E-state index contributed by atoms with van der Waals surface area (Å²) >= 11 is 14.2. The number of benzene rings is 2. The summed E-state index contributed by atoms with van der Waals surface area (Å²) in [6.45, 7) is 2.47. The molecule has 1 aliphatic heterocycles. The molecule has 1 saturated carbocycles. The topological polar surface area (TPSA) is 51.4 Å². The molecule has 178 valence electrons. The molecule has 1 aliphatic carbocycles. The highest BCUT2D eigenvalue weighted by molar-refractivity contribution is 7.99. The average Bonchev–Trinajstić information content (AvgIpc) is 3.21. The highest BCUT2D eigenvalue weighted by Crippen LogP contribution is 2.47. The Bertz CT molecular complexity index is 1140. The van der Waals surface area contributed by atoms with Crippen molar-refractivity contribution >= 4 is 40.7 Å². The molecule has 0 unspecified atom stereocenters. The molecule has 1 atom stereocenters. The van der Waals surface area contributed by atoms with Gasteiger partial charge in [0.05, 0.1) is 21.9 Å². The number of nitrogens with zero attached hydrogens (tertiary/aromatic N) is 2. The number of ether oxygens (including phenoxy) is 1. The third kappa shape index (κ3) is 5.03. The number of nitrogens with two attached hydrogens (primary N) is 1. The van der Waals surface area contributed by atoms with Crippen molar-refractivity contribution in [2.24, 2.45) is 11.1 Å². The van der Waals surface area contributed by atoms with Gasteiger partial charge in [0.2, 0.25) is 0 Å². The van der Waals surface area contributed by atoms with Crippen LogP contribution in [0.1, 0.15) is 37.7 Å². The van der Waals surface area contributed by atoms with Gasteiger partial charge in [0.25, 0.3) is 0 Å². The first-order valence-electron chi connectivity index (χ1n) is 11.8. The molecule has 3 aromatic rings. The van der Waals surface area contributed by atoms with Crippen LogP contribution in [0.25, 0.3) is 0 Å². The molecular formula is C27H29Cl2N3OS. The van der Waals surface area contributed by atoms with Gasteiger partial charge in [-0.15, -0.1) is 0 Å². The Balaban J connectivity index is 1.38. The fourth-order valence-electron chi connectivity index (χ4n) is 5.17. The van der Waals surface area contributed by atoms with Crippen LogP contribution < -0.4 is 15.4 Å². The zero-order chi connectivity index (χ0) is 23.5. The number of pyridine rings is 1. The number of halogens is 2. The summed E-state index contributed by atoms with van der Waals surface area (Å²) in [7, 11) is 0. The van der Waals surface area contributed by atoms with Gasteiger partial charge >= 0.3 is 0 Å². The van der Waals surface area contributed by atoms with Crippen molar-refractivity contribution in [3.05, 3.63) is 76.4 Å². The van der Waals surface area contributed by atoms with E-state index in [0.29, 0.717) is 28.1 Å². The summed E-state index contributed by atoms with van der Waals surface area (Å²) < 4.78 is 6.30. The molecule has 2 heterocycles. The number of piperidine rings is 1. The molecule has 0 bridgehead atoms. The molecule has 34 heavy (non-hydrogen) atoms. The summed E-state index contributed by atoms with van der Waals surface area (Å²) in [5, 5.41) is 1.83. The van der Waals surface area contributed by atoms with Gasteiger partial charge in [-0.2, -0.15) is 0 Å². The van der Waals surface area contributed by atoms with Crippen LogP contribution in [-0.2, 0) is 6.61 Å². The van der Waals surface area contributed by atoms with E-state index in [9.17, 15) is 0 Å². The first-order chi connectivity index (χ1) is 16.5. The fraction of sp³-hybridized carbons (Fsp3) is 0.370. The van der Waals surface area contributed by atoms with Crippen LogP contribution in [0.3, 0.4) is 0 Å². The number of aromatic nitrogens is 1. The van der Waals surface area contributed by atoms with Gasteiger partial charge in [-0.1, -0.05) is 77.8 Å². The molecule has 4 nitrogen and oxygen atoms in total. The van der Waals surface area contributed by atoms with E-state index in [1.807, 2.05) is 36.5 Å². The molecule has 2 N–H and O–H groups in total. The molecule has 1 aromatic heterocycles. The SMILES string of the molecule is N[C@@H]1CCCC12CCN(c1cnc(Sc3cccc(Cl)c3Cl)c(OCc3ccccc3)c1)CC2. The molecule has 2 aliphatic rings. The van der Waals surface area contributed by atoms with E-state index in [-0.39, 0.29) is 0 Å². The number of hydrogen-bond donors (Lipinski definition) is 1.